The maximum atomic E-state index is 12.0. The molecule has 0 atom stereocenters. The highest BCUT2D eigenvalue weighted by atomic mass is 35.5. The Bertz CT molecular complexity index is 666. The topological polar surface area (TPSA) is 76.1 Å². The van der Waals surface area contributed by atoms with Crippen molar-refractivity contribution in [3.05, 3.63) is 28.8 Å². The summed E-state index contributed by atoms with van der Waals surface area (Å²) in [7, 11) is 1.64. The molecule has 23 heavy (non-hydrogen) atoms. The molecule has 1 aromatic carbocycles. The summed E-state index contributed by atoms with van der Waals surface area (Å²) in [6.45, 7) is 3.17. The second-order valence-electron chi connectivity index (χ2n) is 4.59. The minimum absolute atomic E-state index is 0.0930. The molecule has 1 heterocycles. The van der Waals surface area contributed by atoms with Crippen LogP contribution in [0.25, 0.3) is 0 Å². The van der Waals surface area contributed by atoms with Crippen molar-refractivity contribution in [1.82, 2.24) is 10.2 Å². The van der Waals surface area contributed by atoms with Gasteiger partial charge >= 0.3 is 0 Å². The average molecular weight is 373 g/mol. The minimum Gasteiger partial charge on any atom is -0.383 e. The third-order valence-corrected chi connectivity index (χ3v) is 5.03. The predicted octanol–water partition coefficient (Wildman–Crippen LogP) is 3.29. The Morgan fingerprint density at radius 3 is 3.00 bits per heavy atom. The number of anilines is 2. The van der Waals surface area contributed by atoms with E-state index in [1.165, 1.54) is 23.1 Å². The van der Waals surface area contributed by atoms with Gasteiger partial charge in [0.1, 0.15) is 0 Å². The Kier molecular flexibility index (Phi) is 7.10. The van der Waals surface area contributed by atoms with Crippen LogP contribution in [0.3, 0.4) is 0 Å². The molecule has 9 heteroatoms. The number of nitrogens with zero attached hydrogens (tertiary/aromatic N) is 2. The molecule has 2 N–H and O–H groups in total. The molecule has 1 amide bonds. The van der Waals surface area contributed by atoms with Gasteiger partial charge in [-0.15, -0.1) is 10.2 Å². The third-order valence-electron chi connectivity index (χ3n) is 2.78. The average Bonchev–Trinajstić information content (AvgIpc) is 2.96. The fourth-order valence-electron chi connectivity index (χ4n) is 1.68. The first kappa shape index (κ1) is 18.0. The lowest BCUT2D eigenvalue weighted by atomic mass is 10.2. The summed E-state index contributed by atoms with van der Waals surface area (Å²) in [6, 6.07) is 5.36. The van der Waals surface area contributed by atoms with Crippen molar-refractivity contribution in [3.63, 3.8) is 0 Å². The quantitative estimate of drug-likeness (QED) is 0.547. The van der Waals surface area contributed by atoms with Crippen molar-refractivity contribution in [1.29, 1.82) is 0 Å². The molecule has 0 unspecified atom stereocenters. The van der Waals surface area contributed by atoms with Crippen LogP contribution >= 0.6 is 34.7 Å². The number of halogens is 1. The van der Waals surface area contributed by atoms with Crippen LogP contribution in [0.1, 0.15) is 5.56 Å². The van der Waals surface area contributed by atoms with Gasteiger partial charge in [-0.1, -0.05) is 34.7 Å². The molecule has 0 spiro atoms. The zero-order chi connectivity index (χ0) is 16.7. The third kappa shape index (κ3) is 5.98. The van der Waals surface area contributed by atoms with Gasteiger partial charge in [0.25, 0.3) is 0 Å². The number of methoxy groups -OCH3 is 1. The van der Waals surface area contributed by atoms with Crippen molar-refractivity contribution in [3.8, 4) is 0 Å². The first-order valence-corrected chi connectivity index (χ1v) is 9.01. The molecule has 0 aliphatic carbocycles. The Labute approximate surface area is 148 Å². The number of aryl methyl sites for hydroxylation is 1. The summed E-state index contributed by atoms with van der Waals surface area (Å²) in [5.41, 5.74) is 1.69. The standard InChI is InChI=1S/C14H17ClN4O2S2/c1-9-7-10(15)3-4-11(9)17-12(20)8-22-14-19-18-13(23-14)16-5-6-21-2/h3-4,7H,5-6,8H2,1-2H3,(H,16,18)(H,17,20). The van der Waals surface area contributed by atoms with Gasteiger partial charge in [-0.2, -0.15) is 0 Å². The molecule has 0 saturated carbocycles. The summed E-state index contributed by atoms with van der Waals surface area (Å²) in [5.74, 6) is 0.180. The summed E-state index contributed by atoms with van der Waals surface area (Å²) in [6.07, 6.45) is 0. The molecule has 1 aromatic heterocycles. The van der Waals surface area contributed by atoms with Crippen molar-refractivity contribution < 1.29 is 9.53 Å². The number of nitrogens with one attached hydrogen (secondary N) is 2. The van der Waals surface area contributed by atoms with Crippen molar-refractivity contribution in [2.75, 3.05) is 36.6 Å². The lowest BCUT2D eigenvalue weighted by Crippen LogP contribution is -2.14. The number of carbonyl (C=O) groups excluding carboxylic acids is 1. The van der Waals surface area contributed by atoms with E-state index in [2.05, 4.69) is 20.8 Å². The zero-order valence-electron chi connectivity index (χ0n) is 12.8. The molecule has 0 aliphatic heterocycles. The number of aromatic nitrogens is 2. The minimum atomic E-state index is -0.0930. The van der Waals surface area contributed by atoms with Crippen LogP contribution in [0.4, 0.5) is 10.8 Å². The Hall–Kier alpha value is -1.35. The molecule has 0 saturated heterocycles. The Morgan fingerprint density at radius 1 is 1.43 bits per heavy atom. The van der Waals surface area contributed by atoms with Crippen molar-refractivity contribution in [2.24, 2.45) is 0 Å². The first-order valence-electron chi connectivity index (χ1n) is 6.83. The number of carbonyl (C=O) groups is 1. The number of hydrogen-bond donors (Lipinski definition) is 2. The highest BCUT2D eigenvalue weighted by molar-refractivity contribution is 8.01. The first-order chi connectivity index (χ1) is 11.1. The van der Waals surface area contributed by atoms with Gasteiger partial charge in [-0.3, -0.25) is 4.79 Å². The second-order valence-corrected chi connectivity index (χ2v) is 7.23. The molecule has 124 valence electrons. The Balaban J connectivity index is 1.80. The van der Waals surface area contributed by atoms with E-state index in [4.69, 9.17) is 16.3 Å². The lowest BCUT2D eigenvalue weighted by molar-refractivity contribution is -0.113. The monoisotopic (exact) mass is 372 g/mol. The maximum absolute atomic E-state index is 12.0. The molecule has 0 bridgehead atoms. The van der Waals surface area contributed by atoms with Crippen molar-refractivity contribution >= 4 is 51.4 Å². The van der Waals surface area contributed by atoms with Gasteiger partial charge < -0.3 is 15.4 Å². The van der Waals surface area contributed by atoms with E-state index in [1.807, 2.05) is 13.0 Å². The molecule has 6 nitrogen and oxygen atoms in total. The van der Waals surface area contributed by atoms with Crippen LogP contribution in [0.2, 0.25) is 5.02 Å². The van der Waals surface area contributed by atoms with Crippen LogP contribution < -0.4 is 10.6 Å². The normalized spacial score (nSPS) is 10.6. The van der Waals surface area contributed by atoms with E-state index in [1.54, 1.807) is 19.2 Å². The molecule has 2 aromatic rings. The maximum Gasteiger partial charge on any atom is 0.234 e. The van der Waals surface area contributed by atoms with Gasteiger partial charge in [-0.05, 0) is 30.7 Å². The van der Waals surface area contributed by atoms with E-state index in [0.717, 1.165) is 20.7 Å². The largest absolute Gasteiger partial charge is 0.383 e. The second kappa shape index (κ2) is 9.07. The van der Waals surface area contributed by atoms with Crippen LogP contribution in [-0.2, 0) is 9.53 Å². The zero-order valence-corrected chi connectivity index (χ0v) is 15.1. The number of rotatable bonds is 8. The smallest absolute Gasteiger partial charge is 0.234 e. The molecule has 2 rings (SSSR count). The van der Waals surface area contributed by atoms with Crippen LogP contribution in [-0.4, -0.2) is 42.1 Å². The fourth-order valence-corrected chi connectivity index (χ4v) is 3.48. The lowest BCUT2D eigenvalue weighted by Gasteiger charge is -2.07. The Morgan fingerprint density at radius 2 is 2.26 bits per heavy atom. The molecular weight excluding hydrogens is 356 g/mol. The number of amides is 1. The molecule has 0 aliphatic rings. The number of thioether (sulfide) groups is 1. The fraction of sp³-hybridized carbons (Fsp3) is 0.357. The molecule has 0 fully saturated rings. The summed E-state index contributed by atoms with van der Waals surface area (Å²) < 4.78 is 5.69. The molecular formula is C14H17ClN4O2S2. The van der Waals surface area contributed by atoms with E-state index < -0.39 is 0 Å². The summed E-state index contributed by atoms with van der Waals surface area (Å²) in [4.78, 5) is 12.0. The van der Waals surface area contributed by atoms with E-state index >= 15 is 0 Å². The van der Waals surface area contributed by atoms with E-state index in [9.17, 15) is 4.79 Å². The van der Waals surface area contributed by atoms with Gasteiger partial charge in [0.05, 0.1) is 12.4 Å². The highest BCUT2D eigenvalue weighted by Gasteiger charge is 2.09. The van der Waals surface area contributed by atoms with Gasteiger partial charge in [-0.25, -0.2) is 0 Å². The van der Waals surface area contributed by atoms with Gasteiger partial charge in [0, 0.05) is 24.4 Å². The van der Waals surface area contributed by atoms with E-state index in [-0.39, 0.29) is 11.7 Å². The van der Waals surface area contributed by atoms with Crippen LogP contribution in [0, 0.1) is 6.92 Å². The van der Waals surface area contributed by atoms with Crippen LogP contribution in [0.15, 0.2) is 22.5 Å². The number of hydrogen-bond acceptors (Lipinski definition) is 7. The number of benzene rings is 1. The SMILES string of the molecule is COCCNc1nnc(SCC(=O)Nc2ccc(Cl)cc2C)s1. The predicted molar refractivity (Wildman–Crippen MR) is 95.8 cm³/mol. The van der Waals surface area contributed by atoms with Crippen molar-refractivity contribution in [2.45, 2.75) is 11.3 Å². The van der Waals surface area contributed by atoms with Gasteiger partial charge in [0.15, 0.2) is 4.34 Å². The van der Waals surface area contributed by atoms with Gasteiger partial charge in [0.2, 0.25) is 11.0 Å². The summed E-state index contributed by atoms with van der Waals surface area (Å²) >= 11 is 8.66. The van der Waals surface area contributed by atoms with Crippen LogP contribution in [0.5, 0.6) is 0 Å². The highest BCUT2D eigenvalue weighted by Crippen LogP contribution is 2.26. The molecule has 0 radical (unpaired) electrons. The number of ether oxygens (including phenoxy) is 1. The summed E-state index contributed by atoms with van der Waals surface area (Å²) in [5, 5.41) is 15.4. The van der Waals surface area contributed by atoms with E-state index in [0.29, 0.717) is 18.2 Å².